The second-order valence-corrected chi connectivity index (χ2v) is 5.47. The van der Waals surface area contributed by atoms with E-state index in [1.807, 2.05) is 5.32 Å². The number of ether oxygens (including phenoxy) is 1. The van der Waals surface area contributed by atoms with E-state index in [4.69, 9.17) is 4.74 Å². The molecule has 114 valence electrons. The van der Waals surface area contributed by atoms with Gasteiger partial charge in [-0.05, 0) is 5.57 Å². The molecule has 0 saturated carbocycles. The van der Waals surface area contributed by atoms with Crippen molar-refractivity contribution in [1.82, 2.24) is 10.2 Å². The van der Waals surface area contributed by atoms with E-state index >= 15 is 0 Å². The maximum absolute atomic E-state index is 12.2. The predicted molar refractivity (Wildman–Crippen MR) is 69.2 cm³/mol. The van der Waals surface area contributed by atoms with Crippen LogP contribution in [-0.4, -0.2) is 69.8 Å². The Morgan fingerprint density at radius 3 is 2.71 bits per heavy atom. The van der Waals surface area contributed by atoms with E-state index in [0.29, 0.717) is 5.57 Å². The van der Waals surface area contributed by atoms with E-state index < -0.39 is 28.8 Å². The largest absolute Gasteiger partial charge is 0.479 e. The number of hydrogen-bond donors (Lipinski definition) is 3. The van der Waals surface area contributed by atoms with Crippen molar-refractivity contribution < 1.29 is 34.1 Å². The molecule has 2 atom stereocenters. The molecule has 1 saturated heterocycles. The van der Waals surface area contributed by atoms with Gasteiger partial charge in [0.2, 0.25) is 11.9 Å². The first-order valence-corrected chi connectivity index (χ1v) is 6.81. The normalized spacial score (nSPS) is 27.8. The number of nitrogens with one attached hydrogen (secondary N) is 1. The minimum atomic E-state index is -2.12. The third kappa shape index (κ3) is 1.98. The lowest BCUT2D eigenvalue weighted by molar-refractivity contribution is -0.171. The van der Waals surface area contributed by atoms with Crippen molar-refractivity contribution in [1.29, 1.82) is 0 Å². The number of carbonyl (C=O) groups excluding carboxylic acids is 2. The number of hydrogen-bond acceptors (Lipinski definition) is 6. The summed E-state index contributed by atoms with van der Waals surface area (Å²) in [6.07, 6.45) is 0.124. The van der Waals surface area contributed by atoms with Gasteiger partial charge in [0, 0.05) is 12.9 Å². The number of methoxy groups -OCH3 is 1. The zero-order valence-corrected chi connectivity index (χ0v) is 11.7. The molecule has 21 heavy (non-hydrogen) atoms. The minimum Gasteiger partial charge on any atom is -0.479 e. The number of nitrogens with zero attached hydrogens (tertiary/aromatic N) is 1. The molecular formula is C11H12N2O7S. The zero-order valence-electron chi connectivity index (χ0n) is 10.9. The van der Waals surface area contributed by atoms with E-state index in [0.717, 1.165) is 16.7 Å². The van der Waals surface area contributed by atoms with Crippen molar-refractivity contribution in [3.05, 3.63) is 11.3 Å². The molecule has 2 aliphatic heterocycles. The number of thioether (sulfide) groups is 1. The van der Waals surface area contributed by atoms with Gasteiger partial charge in [-0.3, -0.25) is 14.5 Å². The third-order valence-corrected chi connectivity index (χ3v) is 4.69. The van der Waals surface area contributed by atoms with Crippen LogP contribution >= 0.6 is 11.8 Å². The van der Waals surface area contributed by atoms with Crippen LogP contribution in [0.1, 0.15) is 0 Å². The highest BCUT2D eigenvalue weighted by atomic mass is 32.2. The van der Waals surface area contributed by atoms with Crippen molar-refractivity contribution in [2.24, 2.45) is 0 Å². The lowest BCUT2D eigenvalue weighted by Crippen LogP contribution is -2.82. The summed E-state index contributed by atoms with van der Waals surface area (Å²) in [6, 6.07) is 0. The highest BCUT2D eigenvalue weighted by molar-refractivity contribution is 8.00. The number of β-lactam (4-membered cyclic amide) rings is 1. The van der Waals surface area contributed by atoms with E-state index in [1.165, 1.54) is 7.11 Å². The van der Waals surface area contributed by atoms with Gasteiger partial charge in [0.1, 0.15) is 11.1 Å². The van der Waals surface area contributed by atoms with Gasteiger partial charge in [-0.1, -0.05) is 0 Å². The highest BCUT2D eigenvalue weighted by Crippen LogP contribution is 2.46. The van der Waals surface area contributed by atoms with Crippen LogP contribution in [0.25, 0.3) is 0 Å². The summed E-state index contributed by atoms with van der Waals surface area (Å²) < 4.78 is 4.89. The molecule has 1 fully saturated rings. The molecule has 0 spiro atoms. The molecule has 2 heterocycles. The van der Waals surface area contributed by atoms with Crippen molar-refractivity contribution in [2.45, 2.75) is 10.9 Å². The molecule has 0 radical (unpaired) electrons. The average molecular weight is 316 g/mol. The van der Waals surface area contributed by atoms with Crippen molar-refractivity contribution >= 4 is 36.0 Å². The molecule has 0 aliphatic carbocycles. The van der Waals surface area contributed by atoms with Gasteiger partial charge >= 0.3 is 11.9 Å². The highest BCUT2D eigenvalue weighted by Gasteiger charge is 2.69. The fraction of sp³-hybridized carbons (Fsp3) is 0.455. The fourth-order valence-corrected chi connectivity index (χ4v) is 3.84. The number of carboxylic acid groups (broad SMARTS) is 2. The van der Waals surface area contributed by atoms with Crippen LogP contribution in [0.2, 0.25) is 0 Å². The van der Waals surface area contributed by atoms with Gasteiger partial charge in [-0.15, -0.1) is 11.8 Å². The molecular weight excluding hydrogens is 304 g/mol. The SMILES string of the molecule is COCC1=C(C(=O)O)N2C(=O)C(NC=O)(C(=O)O)[C@@H]2SC1. The smallest absolute Gasteiger partial charge is 0.352 e. The van der Waals surface area contributed by atoms with Crippen LogP contribution in [0.3, 0.4) is 0 Å². The van der Waals surface area contributed by atoms with Gasteiger partial charge in [0.25, 0.3) is 5.91 Å². The lowest BCUT2D eigenvalue weighted by Gasteiger charge is -2.54. The topological polar surface area (TPSA) is 133 Å². The number of carboxylic acids is 2. The molecule has 0 aromatic heterocycles. The summed E-state index contributed by atoms with van der Waals surface area (Å²) in [4.78, 5) is 46.4. The molecule has 2 amide bonds. The van der Waals surface area contributed by atoms with Crippen LogP contribution in [0.4, 0.5) is 0 Å². The van der Waals surface area contributed by atoms with Gasteiger partial charge in [-0.25, -0.2) is 9.59 Å². The van der Waals surface area contributed by atoms with Crippen LogP contribution in [0, 0.1) is 0 Å². The summed E-state index contributed by atoms with van der Waals surface area (Å²) in [6.45, 7) is 0.0202. The first kappa shape index (κ1) is 15.3. The predicted octanol–water partition coefficient (Wildman–Crippen LogP) is -1.54. The van der Waals surface area contributed by atoms with Crippen molar-refractivity contribution in [3.63, 3.8) is 0 Å². The zero-order chi connectivity index (χ0) is 15.8. The Bertz CT molecular complexity index is 561. The Morgan fingerprint density at radius 2 is 2.24 bits per heavy atom. The lowest BCUT2D eigenvalue weighted by atomic mass is 9.86. The molecule has 9 nitrogen and oxygen atoms in total. The van der Waals surface area contributed by atoms with Crippen LogP contribution in [0.5, 0.6) is 0 Å². The number of aliphatic carboxylic acids is 2. The van der Waals surface area contributed by atoms with E-state index in [2.05, 4.69) is 0 Å². The van der Waals surface area contributed by atoms with Crippen molar-refractivity contribution in [3.8, 4) is 0 Å². The molecule has 0 bridgehead atoms. The molecule has 2 aliphatic rings. The van der Waals surface area contributed by atoms with Gasteiger partial charge < -0.3 is 20.3 Å². The van der Waals surface area contributed by atoms with Gasteiger partial charge in [-0.2, -0.15) is 0 Å². The van der Waals surface area contributed by atoms with Crippen LogP contribution in [0.15, 0.2) is 11.3 Å². The Balaban J connectivity index is 2.45. The Kier molecular flexibility index (Phi) is 3.92. The second-order valence-electron chi connectivity index (χ2n) is 4.40. The van der Waals surface area contributed by atoms with E-state index in [9.17, 15) is 29.4 Å². The third-order valence-electron chi connectivity index (χ3n) is 3.30. The monoisotopic (exact) mass is 316 g/mol. The first-order chi connectivity index (χ1) is 9.91. The summed E-state index contributed by atoms with van der Waals surface area (Å²) in [7, 11) is 1.39. The van der Waals surface area contributed by atoms with Crippen LogP contribution in [-0.2, 0) is 23.9 Å². The molecule has 2 rings (SSSR count). The number of fused-ring (bicyclic) bond motifs is 1. The fourth-order valence-electron chi connectivity index (χ4n) is 2.39. The van der Waals surface area contributed by atoms with Gasteiger partial charge in [0.15, 0.2) is 0 Å². The summed E-state index contributed by atoms with van der Waals surface area (Å²) in [5, 5.41) is 19.5. The summed E-state index contributed by atoms with van der Waals surface area (Å²) in [5.74, 6) is -3.65. The number of rotatable bonds is 6. The Hall–Kier alpha value is -2.07. The Labute approximate surface area is 122 Å². The first-order valence-electron chi connectivity index (χ1n) is 5.76. The van der Waals surface area contributed by atoms with Gasteiger partial charge in [0.05, 0.1) is 6.61 Å². The summed E-state index contributed by atoms with van der Waals surface area (Å²) >= 11 is 1.06. The molecule has 3 N–H and O–H groups in total. The summed E-state index contributed by atoms with van der Waals surface area (Å²) in [5.41, 5.74) is -2.02. The maximum atomic E-state index is 12.2. The second kappa shape index (κ2) is 5.37. The molecule has 0 aromatic carbocycles. The minimum absolute atomic E-state index is 0.0202. The standard InChI is InChI=1S/C11H12N2O7S/c1-20-2-5-3-21-9-11(10(18)19,12-4-14)8(17)13(9)6(5)7(15)16/h4,9H,2-3H2,1H3,(H,12,14)(H,15,16)(H,18,19)/t9-,11?/m0/s1. The van der Waals surface area contributed by atoms with Crippen LogP contribution < -0.4 is 5.32 Å². The van der Waals surface area contributed by atoms with E-state index in [-0.39, 0.29) is 24.5 Å². The quantitative estimate of drug-likeness (QED) is 0.305. The molecule has 0 aromatic rings. The Morgan fingerprint density at radius 1 is 1.57 bits per heavy atom. The molecule has 10 heteroatoms. The van der Waals surface area contributed by atoms with Crippen molar-refractivity contribution in [2.75, 3.05) is 19.5 Å². The number of carbonyl (C=O) groups is 4. The van der Waals surface area contributed by atoms with E-state index in [1.54, 1.807) is 0 Å². The maximum Gasteiger partial charge on any atom is 0.352 e. The number of amides is 2. The molecule has 1 unspecified atom stereocenters. The average Bonchev–Trinajstić information content (AvgIpc) is 2.43.